The summed E-state index contributed by atoms with van der Waals surface area (Å²) < 4.78 is 31.1. The van der Waals surface area contributed by atoms with E-state index in [1.165, 1.54) is 4.68 Å². The Morgan fingerprint density at radius 1 is 1.12 bits per heavy atom. The largest absolute Gasteiger partial charge is 0.321 e. The molecule has 2 aromatic carbocycles. The van der Waals surface area contributed by atoms with E-state index >= 15 is 0 Å². The van der Waals surface area contributed by atoms with Crippen molar-refractivity contribution in [3.8, 4) is 5.69 Å². The summed E-state index contributed by atoms with van der Waals surface area (Å²) in [5.74, 6) is -0.135. The monoisotopic (exact) mass is 457 g/mol. The van der Waals surface area contributed by atoms with E-state index < -0.39 is 6.55 Å². The molecule has 0 aliphatic heterocycles. The summed E-state index contributed by atoms with van der Waals surface area (Å²) >= 11 is 1.08. The number of thioether (sulfide) groups is 1. The standard InChI is InChI=1S/C22H21F2N5O2S/c1-14-19(20(31)29(27(14)2)15-8-4-3-5-9-15)26-18(30)12-13-32-22-25-16-10-6-7-11-17(16)28(22)21(23)24/h3-11,21H,12-13H2,1-2H3,(H,26,30). The summed E-state index contributed by atoms with van der Waals surface area (Å²) in [5, 5.41) is 2.83. The van der Waals surface area contributed by atoms with Crippen molar-refractivity contribution in [2.45, 2.75) is 25.1 Å². The number of aromatic nitrogens is 4. The first-order valence-electron chi connectivity index (χ1n) is 9.90. The van der Waals surface area contributed by atoms with Gasteiger partial charge in [0, 0.05) is 19.2 Å². The Kier molecular flexibility index (Phi) is 6.13. The van der Waals surface area contributed by atoms with Crippen molar-refractivity contribution in [1.29, 1.82) is 0 Å². The van der Waals surface area contributed by atoms with E-state index in [1.807, 2.05) is 18.2 Å². The van der Waals surface area contributed by atoms with Crippen LogP contribution in [0.1, 0.15) is 18.7 Å². The van der Waals surface area contributed by atoms with Crippen molar-refractivity contribution in [1.82, 2.24) is 18.9 Å². The summed E-state index contributed by atoms with van der Waals surface area (Å²) in [6.07, 6.45) is 0.0379. The number of nitrogens with one attached hydrogen (secondary N) is 1. The van der Waals surface area contributed by atoms with E-state index in [0.29, 0.717) is 22.4 Å². The highest BCUT2D eigenvalue weighted by molar-refractivity contribution is 7.99. The van der Waals surface area contributed by atoms with Gasteiger partial charge in [-0.3, -0.25) is 18.8 Å². The molecule has 0 saturated carbocycles. The number of benzene rings is 2. The Labute approximate surface area is 186 Å². The third-order valence-electron chi connectivity index (χ3n) is 5.14. The smallest absolute Gasteiger partial charge is 0.320 e. The van der Waals surface area contributed by atoms with Crippen LogP contribution >= 0.6 is 11.8 Å². The number of halogens is 2. The maximum absolute atomic E-state index is 13.5. The Morgan fingerprint density at radius 2 is 1.81 bits per heavy atom. The van der Waals surface area contributed by atoms with Crippen LogP contribution < -0.4 is 10.9 Å². The van der Waals surface area contributed by atoms with Gasteiger partial charge in [0.05, 0.1) is 22.4 Å². The van der Waals surface area contributed by atoms with Crippen molar-refractivity contribution < 1.29 is 13.6 Å². The van der Waals surface area contributed by atoms with E-state index in [0.717, 1.165) is 16.3 Å². The summed E-state index contributed by atoms with van der Waals surface area (Å²) in [4.78, 5) is 29.6. The lowest BCUT2D eigenvalue weighted by Gasteiger charge is -2.07. The van der Waals surface area contributed by atoms with E-state index in [-0.39, 0.29) is 34.5 Å². The number of carbonyl (C=O) groups excluding carboxylic acids is 1. The first-order valence-corrected chi connectivity index (χ1v) is 10.9. The molecule has 10 heteroatoms. The van der Waals surface area contributed by atoms with Crippen LogP contribution in [0, 0.1) is 6.92 Å². The van der Waals surface area contributed by atoms with Gasteiger partial charge < -0.3 is 5.32 Å². The molecule has 0 radical (unpaired) electrons. The molecule has 2 aromatic heterocycles. The second-order valence-corrected chi connectivity index (χ2v) is 8.18. The van der Waals surface area contributed by atoms with Gasteiger partial charge in [-0.25, -0.2) is 9.67 Å². The van der Waals surface area contributed by atoms with Gasteiger partial charge in [-0.1, -0.05) is 42.1 Å². The number of fused-ring (bicyclic) bond motifs is 1. The second kappa shape index (κ2) is 8.99. The van der Waals surface area contributed by atoms with Crippen LogP contribution in [-0.4, -0.2) is 30.6 Å². The van der Waals surface area contributed by atoms with Crippen LogP contribution in [0.2, 0.25) is 0 Å². The van der Waals surface area contributed by atoms with Gasteiger partial charge in [-0.15, -0.1) is 0 Å². The fraction of sp³-hybridized carbons (Fsp3) is 0.227. The zero-order valence-electron chi connectivity index (χ0n) is 17.5. The molecule has 0 unspecified atom stereocenters. The molecule has 32 heavy (non-hydrogen) atoms. The zero-order valence-corrected chi connectivity index (χ0v) is 18.3. The minimum Gasteiger partial charge on any atom is -0.320 e. The van der Waals surface area contributed by atoms with Crippen molar-refractivity contribution >= 4 is 34.4 Å². The summed E-state index contributed by atoms with van der Waals surface area (Å²) in [7, 11) is 1.74. The van der Waals surface area contributed by atoms with Crippen molar-refractivity contribution in [2.75, 3.05) is 11.1 Å². The van der Waals surface area contributed by atoms with Gasteiger partial charge in [0.25, 0.3) is 5.56 Å². The van der Waals surface area contributed by atoms with Gasteiger partial charge in [-0.2, -0.15) is 8.78 Å². The normalized spacial score (nSPS) is 11.4. The van der Waals surface area contributed by atoms with E-state index in [4.69, 9.17) is 0 Å². The Hall–Kier alpha value is -3.40. The molecule has 0 atom stereocenters. The summed E-state index contributed by atoms with van der Waals surface area (Å²) in [5.41, 5.74) is 1.98. The van der Waals surface area contributed by atoms with Gasteiger partial charge in [0.2, 0.25) is 5.91 Å². The molecule has 0 saturated heterocycles. The number of carbonyl (C=O) groups is 1. The van der Waals surface area contributed by atoms with Crippen LogP contribution in [0.25, 0.3) is 16.7 Å². The van der Waals surface area contributed by atoms with Crippen molar-refractivity contribution in [2.24, 2.45) is 7.05 Å². The predicted octanol–water partition coefficient (Wildman–Crippen LogP) is 4.35. The molecule has 166 valence electrons. The highest BCUT2D eigenvalue weighted by atomic mass is 32.2. The minimum absolute atomic E-state index is 0.0379. The maximum atomic E-state index is 13.5. The fourth-order valence-electron chi connectivity index (χ4n) is 3.46. The van der Waals surface area contributed by atoms with Crippen LogP contribution in [0.4, 0.5) is 14.5 Å². The van der Waals surface area contributed by atoms with Crippen molar-refractivity contribution in [3.63, 3.8) is 0 Å². The quantitative estimate of drug-likeness (QED) is 0.419. The number of hydrogen-bond donors (Lipinski definition) is 1. The average molecular weight is 458 g/mol. The van der Waals surface area contributed by atoms with Crippen LogP contribution in [0.3, 0.4) is 0 Å². The molecule has 4 aromatic rings. The molecule has 0 aliphatic carbocycles. The number of nitrogens with zero attached hydrogens (tertiary/aromatic N) is 4. The maximum Gasteiger partial charge on any atom is 0.321 e. The highest BCUT2D eigenvalue weighted by Crippen LogP contribution is 2.29. The Balaban J connectivity index is 1.46. The number of anilines is 1. The number of para-hydroxylation sites is 3. The Morgan fingerprint density at radius 3 is 2.53 bits per heavy atom. The Bertz CT molecular complexity index is 1330. The van der Waals surface area contributed by atoms with Gasteiger partial charge in [-0.05, 0) is 31.2 Å². The number of rotatable bonds is 7. The zero-order chi connectivity index (χ0) is 22.8. The number of imidazole rings is 1. The molecule has 1 amide bonds. The third-order valence-corrected chi connectivity index (χ3v) is 6.09. The summed E-state index contributed by atoms with van der Waals surface area (Å²) in [6, 6.07) is 15.8. The van der Waals surface area contributed by atoms with Gasteiger partial charge in [0.15, 0.2) is 5.16 Å². The first kappa shape index (κ1) is 21.8. The molecule has 1 N–H and O–H groups in total. The van der Waals surface area contributed by atoms with Crippen LogP contribution in [-0.2, 0) is 11.8 Å². The molecule has 7 nitrogen and oxygen atoms in total. The van der Waals surface area contributed by atoms with E-state index in [2.05, 4.69) is 10.3 Å². The van der Waals surface area contributed by atoms with Crippen LogP contribution in [0.15, 0.2) is 64.5 Å². The lowest BCUT2D eigenvalue weighted by molar-refractivity contribution is -0.115. The van der Waals surface area contributed by atoms with E-state index in [9.17, 15) is 18.4 Å². The lowest BCUT2D eigenvalue weighted by Crippen LogP contribution is -2.23. The molecule has 0 aliphatic rings. The van der Waals surface area contributed by atoms with E-state index in [1.54, 1.807) is 55.1 Å². The predicted molar refractivity (Wildman–Crippen MR) is 121 cm³/mol. The first-order chi connectivity index (χ1) is 15.4. The summed E-state index contributed by atoms with van der Waals surface area (Å²) in [6.45, 7) is -0.988. The molecule has 4 rings (SSSR count). The number of alkyl halides is 2. The van der Waals surface area contributed by atoms with Crippen LogP contribution in [0.5, 0.6) is 0 Å². The van der Waals surface area contributed by atoms with Gasteiger partial charge >= 0.3 is 6.55 Å². The molecular weight excluding hydrogens is 436 g/mol. The van der Waals surface area contributed by atoms with Crippen molar-refractivity contribution in [3.05, 3.63) is 70.6 Å². The number of amides is 1. The molecule has 0 fully saturated rings. The topological polar surface area (TPSA) is 73.8 Å². The molecular formula is C22H21F2N5O2S. The molecule has 2 heterocycles. The fourth-order valence-corrected chi connectivity index (χ4v) is 4.41. The highest BCUT2D eigenvalue weighted by Gasteiger charge is 2.20. The third kappa shape index (κ3) is 4.05. The SMILES string of the molecule is Cc1c(NC(=O)CCSc2nc3ccccc3n2C(F)F)c(=O)n(-c2ccccc2)n1C. The molecule has 0 bridgehead atoms. The number of hydrogen-bond acceptors (Lipinski definition) is 4. The van der Waals surface area contributed by atoms with Gasteiger partial charge in [0.1, 0.15) is 5.69 Å². The lowest BCUT2D eigenvalue weighted by atomic mass is 10.3. The second-order valence-electron chi connectivity index (χ2n) is 7.11. The molecule has 0 spiro atoms. The minimum atomic E-state index is -2.73. The average Bonchev–Trinajstić information content (AvgIpc) is 3.25.